The van der Waals surface area contributed by atoms with Crippen molar-refractivity contribution >= 4 is 5.97 Å². The molecule has 0 bridgehead atoms. The molecule has 0 amide bonds. The van der Waals surface area contributed by atoms with Crippen molar-refractivity contribution in [3.05, 3.63) is 0 Å². The summed E-state index contributed by atoms with van der Waals surface area (Å²) in [5, 5.41) is 0. The van der Waals surface area contributed by atoms with Crippen LogP contribution in [0.3, 0.4) is 0 Å². The molecule has 4 nitrogen and oxygen atoms in total. The van der Waals surface area contributed by atoms with Gasteiger partial charge < -0.3 is 14.2 Å². The first-order valence-electron chi connectivity index (χ1n) is 5.22. The summed E-state index contributed by atoms with van der Waals surface area (Å²) in [5.41, 5.74) is 0. The Balaban J connectivity index is 1.90. The van der Waals surface area contributed by atoms with Gasteiger partial charge in [-0.2, -0.15) is 0 Å². The van der Waals surface area contributed by atoms with Gasteiger partial charge in [-0.25, -0.2) is 0 Å². The quantitative estimate of drug-likeness (QED) is 0.626. The van der Waals surface area contributed by atoms with Crippen molar-refractivity contribution in [3.63, 3.8) is 0 Å². The van der Waals surface area contributed by atoms with Crippen molar-refractivity contribution in [1.82, 2.24) is 0 Å². The standard InChI is InChI=1S/C10H16O4/c1-2-12-10-5-7-6-13-9(11)4-3-8(7)14-10/h7-8,10H,2-6H2,1H3. The molecule has 3 unspecified atom stereocenters. The Labute approximate surface area is 83.5 Å². The molecule has 0 spiro atoms. The Bertz CT molecular complexity index is 198. The summed E-state index contributed by atoms with van der Waals surface area (Å²) in [6.45, 7) is 3.12. The Kier molecular flexibility index (Phi) is 3.03. The van der Waals surface area contributed by atoms with Crippen molar-refractivity contribution in [2.45, 2.75) is 38.6 Å². The molecule has 0 aromatic rings. The number of carbonyl (C=O) groups is 1. The normalized spacial score (nSPS) is 37.5. The summed E-state index contributed by atoms with van der Waals surface area (Å²) in [7, 11) is 0. The summed E-state index contributed by atoms with van der Waals surface area (Å²) < 4.78 is 16.1. The molecule has 3 atom stereocenters. The predicted octanol–water partition coefficient (Wildman–Crippen LogP) is 1.09. The Morgan fingerprint density at radius 1 is 1.57 bits per heavy atom. The van der Waals surface area contributed by atoms with Crippen LogP contribution in [0.4, 0.5) is 0 Å². The first-order valence-corrected chi connectivity index (χ1v) is 5.22. The van der Waals surface area contributed by atoms with Crippen LogP contribution >= 0.6 is 0 Å². The fraction of sp³-hybridized carbons (Fsp3) is 0.900. The van der Waals surface area contributed by atoms with E-state index in [2.05, 4.69) is 0 Å². The highest BCUT2D eigenvalue weighted by atomic mass is 16.7. The zero-order valence-electron chi connectivity index (χ0n) is 8.40. The lowest BCUT2D eigenvalue weighted by atomic mass is 10.00. The highest BCUT2D eigenvalue weighted by molar-refractivity contribution is 5.69. The van der Waals surface area contributed by atoms with Gasteiger partial charge >= 0.3 is 5.97 Å². The van der Waals surface area contributed by atoms with E-state index in [1.165, 1.54) is 0 Å². The summed E-state index contributed by atoms with van der Waals surface area (Å²) >= 11 is 0. The minimum atomic E-state index is -0.101. The molecule has 0 radical (unpaired) electrons. The minimum Gasteiger partial charge on any atom is -0.465 e. The second kappa shape index (κ2) is 4.28. The number of cyclic esters (lactones) is 1. The summed E-state index contributed by atoms with van der Waals surface area (Å²) in [6.07, 6.45) is 2.16. The number of hydrogen-bond donors (Lipinski definition) is 0. The van der Waals surface area contributed by atoms with Crippen LogP contribution in [-0.2, 0) is 19.0 Å². The molecule has 2 saturated heterocycles. The molecule has 2 aliphatic heterocycles. The van der Waals surface area contributed by atoms with Crippen molar-refractivity contribution in [3.8, 4) is 0 Å². The van der Waals surface area contributed by atoms with Gasteiger partial charge in [0, 0.05) is 25.4 Å². The van der Waals surface area contributed by atoms with E-state index in [0.717, 1.165) is 12.8 Å². The third kappa shape index (κ3) is 2.07. The predicted molar refractivity (Wildman–Crippen MR) is 48.6 cm³/mol. The van der Waals surface area contributed by atoms with Gasteiger partial charge in [0.15, 0.2) is 6.29 Å². The van der Waals surface area contributed by atoms with Gasteiger partial charge in [0.2, 0.25) is 0 Å². The van der Waals surface area contributed by atoms with Crippen molar-refractivity contribution in [2.75, 3.05) is 13.2 Å². The molecule has 0 aromatic carbocycles. The van der Waals surface area contributed by atoms with Crippen LogP contribution < -0.4 is 0 Å². The van der Waals surface area contributed by atoms with Crippen LogP contribution in [-0.4, -0.2) is 31.6 Å². The zero-order valence-corrected chi connectivity index (χ0v) is 8.40. The lowest BCUT2D eigenvalue weighted by molar-refractivity contribution is -0.145. The molecule has 0 aliphatic carbocycles. The molecule has 2 fully saturated rings. The largest absolute Gasteiger partial charge is 0.465 e. The fourth-order valence-electron chi connectivity index (χ4n) is 2.07. The van der Waals surface area contributed by atoms with E-state index in [0.29, 0.717) is 25.6 Å². The molecule has 0 aromatic heterocycles. The molecule has 14 heavy (non-hydrogen) atoms. The van der Waals surface area contributed by atoms with Gasteiger partial charge in [-0.15, -0.1) is 0 Å². The highest BCUT2D eigenvalue weighted by Gasteiger charge is 2.38. The fourth-order valence-corrected chi connectivity index (χ4v) is 2.07. The number of hydrogen-bond acceptors (Lipinski definition) is 4. The molecule has 2 aliphatic rings. The van der Waals surface area contributed by atoms with Gasteiger partial charge in [-0.1, -0.05) is 0 Å². The molecule has 0 N–H and O–H groups in total. The Morgan fingerprint density at radius 3 is 3.21 bits per heavy atom. The van der Waals surface area contributed by atoms with Crippen LogP contribution in [0.2, 0.25) is 0 Å². The van der Waals surface area contributed by atoms with Crippen molar-refractivity contribution in [2.24, 2.45) is 5.92 Å². The van der Waals surface area contributed by atoms with E-state index in [1.807, 2.05) is 6.92 Å². The van der Waals surface area contributed by atoms with E-state index in [-0.39, 0.29) is 18.4 Å². The number of rotatable bonds is 2. The van der Waals surface area contributed by atoms with Gasteiger partial charge in [0.05, 0.1) is 12.7 Å². The average molecular weight is 200 g/mol. The first-order chi connectivity index (χ1) is 6.79. The molecular weight excluding hydrogens is 184 g/mol. The smallest absolute Gasteiger partial charge is 0.305 e. The zero-order chi connectivity index (χ0) is 9.97. The number of carbonyl (C=O) groups excluding carboxylic acids is 1. The van der Waals surface area contributed by atoms with Gasteiger partial charge in [-0.05, 0) is 13.3 Å². The second-order valence-electron chi connectivity index (χ2n) is 3.78. The van der Waals surface area contributed by atoms with Crippen molar-refractivity contribution in [1.29, 1.82) is 0 Å². The Morgan fingerprint density at radius 2 is 2.43 bits per heavy atom. The Hall–Kier alpha value is -0.610. The van der Waals surface area contributed by atoms with Crippen LogP contribution in [0.1, 0.15) is 26.2 Å². The highest BCUT2D eigenvalue weighted by Crippen LogP contribution is 2.32. The number of ether oxygens (including phenoxy) is 3. The molecule has 2 rings (SSSR count). The summed E-state index contributed by atoms with van der Waals surface area (Å²) in [6, 6.07) is 0. The average Bonchev–Trinajstić information content (AvgIpc) is 2.47. The second-order valence-corrected chi connectivity index (χ2v) is 3.78. The van der Waals surface area contributed by atoms with Crippen LogP contribution in [0, 0.1) is 5.92 Å². The van der Waals surface area contributed by atoms with E-state index in [9.17, 15) is 4.79 Å². The maximum absolute atomic E-state index is 11.0. The van der Waals surface area contributed by atoms with E-state index >= 15 is 0 Å². The van der Waals surface area contributed by atoms with E-state index in [1.54, 1.807) is 0 Å². The minimum absolute atomic E-state index is 0.0909. The maximum Gasteiger partial charge on any atom is 0.305 e. The molecular formula is C10H16O4. The van der Waals surface area contributed by atoms with Crippen LogP contribution in [0.25, 0.3) is 0 Å². The van der Waals surface area contributed by atoms with Crippen LogP contribution in [0.15, 0.2) is 0 Å². The number of esters is 1. The summed E-state index contributed by atoms with van der Waals surface area (Å²) in [5.74, 6) is 0.231. The monoisotopic (exact) mass is 200 g/mol. The summed E-state index contributed by atoms with van der Waals surface area (Å²) in [4.78, 5) is 11.0. The topological polar surface area (TPSA) is 44.8 Å². The van der Waals surface area contributed by atoms with E-state index < -0.39 is 0 Å². The molecule has 4 heteroatoms. The molecule has 80 valence electrons. The third-order valence-electron chi connectivity index (χ3n) is 2.79. The van der Waals surface area contributed by atoms with Crippen LogP contribution in [0.5, 0.6) is 0 Å². The molecule has 2 heterocycles. The number of fused-ring (bicyclic) bond motifs is 1. The lowest BCUT2D eigenvalue weighted by Gasteiger charge is -2.12. The van der Waals surface area contributed by atoms with Crippen molar-refractivity contribution < 1.29 is 19.0 Å². The SMILES string of the molecule is CCOC1CC2COC(=O)CCC2O1. The third-order valence-corrected chi connectivity index (χ3v) is 2.79. The van der Waals surface area contributed by atoms with Gasteiger partial charge in [0.25, 0.3) is 0 Å². The van der Waals surface area contributed by atoms with E-state index in [4.69, 9.17) is 14.2 Å². The maximum atomic E-state index is 11.0. The van der Waals surface area contributed by atoms with Gasteiger partial charge in [0.1, 0.15) is 0 Å². The van der Waals surface area contributed by atoms with Gasteiger partial charge in [-0.3, -0.25) is 4.79 Å². The first kappa shape index (κ1) is 9.93. The lowest BCUT2D eigenvalue weighted by Crippen LogP contribution is -2.17. The molecule has 0 saturated carbocycles.